The van der Waals surface area contributed by atoms with E-state index >= 15 is 0 Å². The molecule has 0 aromatic heterocycles. The second-order valence-electron chi connectivity index (χ2n) is 3.20. The van der Waals surface area contributed by atoms with Crippen LogP contribution in [0.15, 0.2) is 24.3 Å². The van der Waals surface area contributed by atoms with Crippen LogP contribution >= 0.6 is 0 Å². The smallest absolute Gasteiger partial charge is 0.267 e. The van der Waals surface area contributed by atoms with Crippen molar-refractivity contribution in [2.45, 2.75) is 18.6 Å². The Balaban J connectivity index is 2.35. The van der Waals surface area contributed by atoms with E-state index in [0.717, 1.165) is 0 Å². The average Bonchev–Trinajstić information content (AvgIpc) is 2.18. The molecule has 0 saturated heterocycles. The highest BCUT2D eigenvalue weighted by Gasteiger charge is 2.16. The normalized spacial score (nSPS) is 13.5. The van der Waals surface area contributed by atoms with Gasteiger partial charge in [-0.15, -0.1) is 0 Å². The zero-order valence-electron chi connectivity index (χ0n) is 8.38. The molecule has 1 rings (SSSR count). The van der Waals surface area contributed by atoms with Gasteiger partial charge in [0, 0.05) is 6.42 Å². The lowest BCUT2D eigenvalue weighted by Gasteiger charge is -2.09. The monoisotopic (exact) mass is 229 g/mol. The van der Waals surface area contributed by atoms with Gasteiger partial charge in [0.1, 0.15) is 5.75 Å². The molecule has 5 heteroatoms. The molecule has 1 radical (unpaired) electrons. The molecule has 0 fully saturated rings. The van der Waals surface area contributed by atoms with Gasteiger partial charge in [-0.25, -0.2) is 0 Å². The molecule has 83 valence electrons. The Morgan fingerprint density at radius 2 is 2.07 bits per heavy atom. The lowest BCUT2D eigenvalue weighted by molar-refractivity contribution is 0.306. The molecule has 1 aromatic carbocycles. The van der Waals surface area contributed by atoms with Crippen LogP contribution in [0.4, 0.5) is 0 Å². The molecule has 0 heterocycles. The molecular formula is C10H13O4S. The lowest BCUT2D eigenvalue weighted by Crippen LogP contribution is -2.19. The predicted molar refractivity (Wildman–Crippen MR) is 56.4 cm³/mol. The summed E-state index contributed by atoms with van der Waals surface area (Å²) in [6.45, 7) is 1.70. The first-order valence-electron chi connectivity index (χ1n) is 4.55. The first-order valence-corrected chi connectivity index (χ1v) is 6.05. The first-order chi connectivity index (χ1) is 7.00. The SMILES string of the molecule is CC(CCOc1cc[c]cc1)S(=O)(=O)O. The molecule has 4 nitrogen and oxygen atoms in total. The molecular weight excluding hydrogens is 216 g/mol. The maximum absolute atomic E-state index is 10.7. The highest BCUT2D eigenvalue weighted by Crippen LogP contribution is 2.10. The van der Waals surface area contributed by atoms with Crippen LogP contribution in [0.3, 0.4) is 0 Å². The Hall–Kier alpha value is -1.07. The van der Waals surface area contributed by atoms with Crippen LogP contribution in [0.1, 0.15) is 13.3 Å². The van der Waals surface area contributed by atoms with Gasteiger partial charge < -0.3 is 4.74 Å². The van der Waals surface area contributed by atoms with Gasteiger partial charge in [0.25, 0.3) is 10.1 Å². The summed E-state index contributed by atoms with van der Waals surface area (Å²) in [5.41, 5.74) is 0. The van der Waals surface area contributed by atoms with Crippen LogP contribution in [0.2, 0.25) is 0 Å². The second-order valence-corrected chi connectivity index (χ2v) is 5.03. The molecule has 0 bridgehead atoms. The summed E-state index contributed by atoms with van der Waals surface area (Å²) in [5, 5.41) is -0.798. The Morgan fingerprint density at radius 3 is 2.60 bits per heavy atom. The summed E-state index contributed by atoms with van der Waals surface area (Å²) >= 11 is 0. The van der Waals surface area contributed by atoms with Crippen molar-refractivity contribution < 1.29 is 17.7 Å². The first kappa shape index (κ1) is 12.0. The second kappa shape index (κ2) is 5.14. The van der Waals surface area contributed by atoms with Crippen molar-refractivity contribution in [2.24, 2.45) is 0 Å². The zero-order chi connectivity index (χ0) is 11.3. The third-order valence-corrected chi connectivity index (χ3v) is 3.24. The Labute approximate surface area is 89.6 Å². The van der Waals surface area contributed by atoms with Crippen LogP contribution in [-0.4, -0.2) is 24.8 Å². The van der Waals surface area contributed by atoms with Gasteiger partial charge in [-0.2, -0.15) is 8.42 Å². The predicted octanol–water partition coefficient (Wildman–Crippen LogP) is 1.53. The minimum Gasteiger partial charge on any atom is -0.494 e. The molecule has 1 atom stereocenters. The van der Waals surface area contributed by atoms with Gasteiger partial charge in [-0.05, 0) is 25.1 Å². The Bertz CT molecular complexity index is 385. The van der Waals surface area contributed by atoms with E-state index < -0.39 is 15.4 Å². The zero-order valence-corrected chi connectivity index (χ0v) is 9.20. The van der Waals surface area contributed by atoms with E-state index in [9.17, 15) is 8.42 Å². The topological polar surface area (TPSA) is 63.6 Å². The molecule has 1 N–H and O–H groups in total. The van der Waals surface area contributed by atoms with Crippen molar-refractivity contribution in [2.75, 3.05) is 6.61 Å². The largest absolute Gasteiger partial charge is 0.494 e. The summed E-state index contributed by atoms with van der Waals surface area (Å²) in [4.78, 5) is 0. The summed E-state index contributed by atoms with van der Waals surface area (Å²) < 4.78 is 35.3. The molecule has 0 aliphatic carbocycles. The van der Waals surface area contributed by atoms with E-state index in [0.29, 0.717) is 5.75 Å². The summed E-state index contributed by atoms with van der Waals surface area (Å²) in [6, 6.07) is 9.73. The van der Waals surface area contributed by atoms with E-state index in [1.54, 1.807) is 24.3 Å². The third-order valence-electron chi connectivity index (χ3n) is 1.99. The van der Waals surface area contributed by atoms with E-state index in [1.807, 2.05) is 0 Å². The number of ether oxygens (including phenoxy) is 1. The summed E-state index contributed by atoms with van der Waals surface area (Å²) in [6.07, 6.45) is 0.261. The van der Waals surface area contributed by atoms with Crippen LogP contribution in [0.5, 0.6) is 5.75 Å². The van der Waals surface area contributed by atoms with Gasteiger partial charge in [0.05, 0.1) is 11.9 Å². The van der Waals surface area contributed by atoms with E-state index in [2.05, 4.69) is 6.07 Å². The van der Waals surface area contributed by atoms with Crippen LogP contribution in [0, 0.1) is 6.07 Å². The van der Waals surface area contributed by atoms with Crippen molar-refractivity contribution >= 4 is 10.1 Å². The summed E-state index contributed by atoms with van der Waals surface area (Å²) in [5.74, 6) is 0.663. The van der Waals surface area contributed by atoms with Gasteiger partial charge in [0.15, 0.2) is 0 Å². The van der Waals surface area contributed by atoms with Gasteiger partial charge in [-0.1, -0.05) is 12.1 Å². The molecule has 1 unspecified atom stereocenters. The van der Waals surface area contributed by atoms with Gasteiger partial charge in [-0.3, -0.25) is 4.55 Å². The fraction of sp³-hybridized carbons (Fsp3) is 0.400. The highest BCUT2D eigenvalue weighted by molar-refractivity contribution is 7.86. The Morgan fingerprint density at radius 1 is 1.47 bits per heavy atom. The quantitative estimate of drug-likeness (QED) is 0.778. The van der Waals surface area contributed by atoms with Crippen molar-refractivity contribution in [1.82, 2.24) is 0 Å². The maximum atomic E-state index is 10.7. The number of rotatable bonds is 5. The number of benzene rings is 1. The molecule has 15 heavy (non-hydrogen) atoms. The van der Waals surface area contributed by atoms with Crippen LogP contribution < -0.4 is 4.74 Å². The van der Waals surface area contributed by atoms with Gasteiger partial charge in [0.2, 0.25) is 0 Å². The minimum atomic E-state index is -3.94. The Kier molecular flexibility index (Phi) is 4.11. The molecule has 0 spiro atoms. The van der Waals surface area contributed by atoms with E-state index in [4.69, 9.17) is 9.29 Å². The average molecular weight is 229 g/mol. The lowest BCUT2D eigenvalue weighted by atomic mass is 10.3. The molecule has 0 aliphatic heterocycles. The summed E-state index contributed by atoms with van der Waals surface area (Å²) in [7, 11) is -3.94. The fourth-order valence-corrected chi connectivity index (χ4v) is 1.35. The minimum absolute atomic E-state index is 0.255. The third kappa shape index (κ3) is 4.31. The fourth-order valence-electron chi connectivity index (χ4n) is 0.959. The van der Waals surface area contributed by atoms with Crippen molar-refractivity contribution in [3.63, 3.8) is 0 Å². The van der Waals surface area contributed by atoms with E-state index in [1.165, 1.54) is 6.92 Å². The standard InChI is InChI=1S/C10H13O4S/c1-9(15(11,12)13)7-8-14-10-5-3-2-4-6-10/h3-6,9H,7-8H2,1H3,(H,11,12,13). The van der Waals surface area contributed by atoms with Crippen molar-refractivity contribution in [3.05, 3.63) is 30.3 Å². The van der Waals surface area contributed by atoms with Crippen LogP contribution in [-0.2, 0) is 10.1 Å². The number of hydrogen-bond acceptors (Lipinski definition) is 3. The molecule has 1 aromatic rings. The van der Waals surface area contributed by atoms with Crippen LogP contribution in [0.25, 0.3) is 0 Å². The molecule has 0 amide bonds. The van der Waals surface area contributed by atoms with Gasteiger partial charge >= 0.3 is 0 Å². The van der Waals surface area contributed by atoms with Crippen molar-refractivity contribution in [3.8, 4) is 5.75 Å². The maximum Gasteiger partial charge on any atom is 0.267 e. The molecule has 0 aliphatic rings. The highest BCUT2D eigenvalue weighted by atomic mass is 32.2. The molecule has 0 saturated carbocycles. The van der Waals surface area contributed by atoms with Crippen molar-refractivity contribution in [1.29, 1.82) is 0 Å². The number of hydrogen-bond donors (Lipinski definition) is 1. The van der Waals surface area contributed by atoms with E-state index in [-0.39, 0.29) is 13.0 Å².